The molecule has 0 atom stereocenters. The van der Waals surface area contributed by atoms with Crippen molar-refractivity contribution >= 4 is 39.0 Å². The summed E-state index contributed by atoms with van der Waals surface area (Å²) in [6, 6.07) is 10.4. The zero-order valence-corrected chi connectivity index (χ0v) is 22.6. The number of rotatable bonds is 6. The van der Waals surface area contributed by atoms with Crippen molar-refractivity contribution in [2.45, 2.75) is 50.2 Å². The Labute approximate surface area is 236 Å². The number of alkyl halides is 6. The van der Waals surface area contributed by atoms with Crippen molar-refractivity contribution in [2.75, 3.05) is 13.2 Å². The van der Waals surface area contributed by atoms with Gasteiger partial charge in [-0.15, -0.1) is 0 Å². The van der Waals surface area contributed by atoms with Crippen LogP contribution in [0.25, 0.3) is 22.6 Å². The number of aliphatic carboxylic acids is 2. The zero-order chi connectivity index (χ0) is 30.8. The molecule has 0 aliphatic heterocycles. The van der Waals surface area contributed by atoms with Gasteiger partial charge in [0.05, 0.1) is 6.10 Å². The lowest BCUT2D eigenvalue weighted by molar-refractivity contribution is -0.193. The van der Waals surface area contributed by atoms with E-state index in [4.69, 9.17) is 24.5 Å². The van der Waals surface area contributed by atoms with Gasteiger partial charge in [-0.05, 0) is 71.9 Å². The Kier molecular flexibility index (Phi) is 12.3. The summed E-state index contributed by atoms with van der Waals surface area (Å²) in [5, 5.41) is 27.3. The molecule has 2 heterocycles. The number of carboxylic acids is 2. The van der Waals surface area contributed by atoms with Crippen molar-refractivity contribution < 1.29 is 56.0 Å². The van der Waals surface area contributed by atoms with E-state index < -0.39 is 24.3 Å². The number of hydrogen-bond donors (Lipinski definition) is 5. The minimum absolute atomic E-state index is 0.109. The molecule has 2 aromatic heterocycles. The number of nitrogens with zero attached hydrogens (tertiary/aromatic N) is 2. The highest BCUT2D eigenvalue weighted by Gasteiger charge is 2.38. The van der Waals surface area contributed by atoms with Crippen LogP contribution in [0.5, 0.6) is 5.75 Å². The fraction of sp³-hybridized carbons (Fsp3) is 0.417. The van der Waals surface area contributed by atoms with Crippen molar-refractivity contribution in [2.24, 2.45) is 0 Å². The fourth-order valence-electron chi connectivity index (χ4n) is 3.43. The van der Waals surface area contributed by atoms with E-state index >= 15 is 0 Å². The van der Waals surface area contributed by atoms with Crippen LogP contribution in [-0.2, 0) is 9.59 Å². The van der Waals surface area contributed by atoms with E-state index in [0.717, 1.165) is 65.0 Å². The number of aromatic amines is 1. The summed E-state index contributed by atoms with van der Waals surface area (Å²) >= 11 is 3.42. The average Bonchev–Trinajstić information content (AvgIpc) is 3.31. The number of fused-ring (bicyclic) bond motifs is 1. The maximum absolute atomic E-state index is 10.6. The standard InChI is InChI=1S/C20H23BrN4O2.2C2HF3O2/c21-14-11-18-20(23-12-14)25-19(24-18)13-1-7-17(8-2-13)27-10-9-22-15-3-5-16(26)6-4-15;2*3-2(4,5)1(6)7/h1-2,7-8,11-12,15-16,22,26H,3-6,9-10H2,(H,23,24,25);2*(H,6,7). The molecule has 10 nitrogen and oxygen atoms in total. The molecule has 0 bridgehead atoms. The Morgan fingerprint density at radius 2 is 1.54 bits per heavy atom. The Morgan fingerprint density at radius 3 is 2.05 bits per heavy atom. The lowest BCUT2D eigenvalue weighted by Crippen LogP contribution is -2.36. The lowest BCUT2D eigenvalue weighted by atomic mass is 9.93. The summed E-state index contributed by atoms with van der Waals surface area (Å²) < 4.78 is 70.2. The molecule has 0 spiro atoms. The average molecular weight is 659 g/mol. The molecule has 226 valence electrons. The molecule has 0 saturated heterocycles. The van der Waals surface area contributed by atoms with Gasteiger partial charge in [0.15, 0.2) is 5.65 Å². The van der Waals surface area contributed by atoms with Crippen LogP contribution in [0.1, 0.15) is 25.7 Å². The van der Waals surface area contributed by atoms with Gasteiger partial charge in [0.1, 0.15) is 23.7 Å². The number of aliphatic hydroxyl groups excluding tert-OH is 1. The summed E-state index contributed by atoms with van der Waals surface area (Å²) in [6.07, 6.45) is -4.65. The van der Waals surface area contributed by atoms with Crippen LogP contribution in [-0.4, -0.2) is 79.9 Å². The van der Waals surface area contributed by atoms with Crippen molar-refractivity contribution in [3.05, 3.63) is 41.0 Å². The Hall–Kier alpha value is -3.44. The molecule has 0 amide bonds. The third-order valence-electron chi connectivity index (χ3n) is 5.42. The second-order valence-electron chi connectivity index (χ2n) is 8.54. The molecule has 1 aliphatic rings. The summed E-state index contributed by atoms with van der Waals surface area (Å²) in [6.45, 7) is 1.44. The Balaban J connectivity index is 0.000000349. The van der Waals surface area contributed by atoms with Crippen molar-refractivity contribution in [1.29, 1.82) is 0 Å². The SMILES string of the molecule is O=C(O)C(F)(F)F.O=C(O)C(F)(F)F.OC1CCC(NCCOc2ccc(-c3nc4cc(Br)cnc4[nH]3)cc2)CC1. The number of halogens is 7. The highest BCUT2D eigenvalue weighted by molar-refractivity contribution is 9.10. The largest absolute Gasteiger partial charge is 0.492 e. The molecule has 1 saturated carbocycles. The minimum atomic E-state index is -5.08. The van der Waals surface area contributed by atoms with E-state index in [2.05, 4.69) is 36.2 Å². The number of pyridine rings is 1. The monoisotopic (exact) mass is 658 g/mol. The van der Waals surface area contributed by atoms with Gasteiger partial charge < -0.3 is 30.4 Å². The number of aromatic nitrogens is 3. The van der Waals surface area contributed by atoms with Crippen LogP contribution in [0.2, 0.25) is 0 Å². The molecule has 41 heavy (non-hydrogen) atoms. The van der Waals surface area contributed by atoms with Gasteiger partial charge in [0.2, 0.25) is 0 Å². The Bertz CT molecular complexity index is 1250. The zero-order valence-electron chi connectivity index (χ0n) is 21.0. The van der Waals surface area contributed by atoms with Crippen LogP contribution >= 0.6 is 15.9 Å². The van der Waals surface area contributed by atoms with Gasteiger partial charge in [-0.3, -0.25) is 0 Å². The molecule has 17 heteroatoms. The number of benzene rings is 1. The van der Waals surface area contributed by atoms with Gasteiger partial charge in [-0.25, -0.2) is 19.6 Å². The number of aliphatic hydroxyl groups is 1. The van der Waals surface area contributed by atoms with E-state index in [0.29, 0.717) is 12.6 Å². The third-order valence-corrected chi connectivity index (χ3v) is 5.85. The quantitative estimate of drug-likeness (QED) is 0.183. The van der Waals surface area contributed by atoms with Gasteiger partial charge in [-0.2, -0.15) is 26.3 Å². The highest BCUT2D eigenvalue weighted by Crippen LogP contribution is 2.24. The Morgan fingerprint density at radius 1 is 1.00 bits per heavy atom. The number of carboxylic acid groups (broad SMARTS) is 2. The molecule has 1 aromatic carbocycles. The van der Waals surface area contributed by atoms with E-state index in [1.807, 2.05) is 30.3 Å². The second-order valence-corrected chi connectivity index (χ2v) is 9.46. The molecular weight excluding hydrogens is 634 g/mol. The summed E-state index contributed by atoms with van der Waals surface area (Å²) in [5.74, 6) is -3.88. The van der Waals surface area contributed by atoms with E-state index in [1.165, 1.54) is 0 Å². The highest BCUT2D eigenvalue weighted by atomic mass is 79.9. The van der Waals surface area contributed by atoms with Gasteiger partial charge in [-0.1, -0.05) is 0 Å². The normalized spacial score (nSPS) is 17.1. The smallest absolute Gasteiger partial charge is 0.490 e. The summed E-state index contributed by atoms with van der Waals surface area (Å²) in [7, 11) is 0. The molecule has 4 rings (SSSR count). The number of nitrogens with one attached hydrogen (secondary N) is 2. The predicted molar refractivity (Wildman–Crippen MR) is 136 cm³/mol. The van der Waals surface area contributed by atoms with Crippen LogP contribution in [0.3, 0.4) is 0 Å². The van der Waals surface area contributed by atoms with Crippen molar-refractivity contribution in [3.63, 3.8) is 0 Å². The van der Waals surface area contributed by atoms with E-state index in [-0.39, 0.29) is 6.10 Å². The lowest BCUT2D eigenvalue weighted by Gasteiger charge is -2.26. The van der Waals surface area contributed by atoms with Crippen molar-refractivity contribution in [3.8, 4) is 17.1 Å². The molecule has 5 N–H and O–H groups in total. The molecular formula is C24H25BrF6N4O6. The van der Waals surface area contributed by atoms with E-state index in [9.17, 15) is 31.4 Å². The van der Waals surface area contributed by atoms with Crippen LogP contribution in [0.4, 0.5) is 26.3 Å². The van der Waals surface area contributed by atoms with Crippen LogP contribution in [0, 0.1) is 0 Å². The number of H-pyrrole nitrogens is 1. The molecule has 0 unspecified atom stereocenters. The maximum atomic E-state index is 10.6. The molecule has 1 fully saturated rings. The van der Waals surface area contributed by atoms with Crippen molar-refractivity contribution in [1.82, 2.24) is 20.3 Å². The number of imidazole rings is 1. The van der Waals surface area contributed by atoms with Crippen LogP contribution in [0.15, 0.2) is 41.0 Å². The van der Waals surface area contributed by atoms with Gasteiger partial charge in [0.25, 0.3) is 0 Å². The third kappa shape index (κ3) is 11.9. The topological polar surface area (TPSA) is 158 Å². The van der Waals surface area contributed by atoms with E-state index in [1.54, 1.807) is 6.20 Å². The molecule has 1 aliphatic carbocycles. The predicted octanol–water partition coefficient (Wildman–Crippen LogP) is 4.93. The fourth-order valence-corrected chi connectivity index (χ4v) is 3.75. The van der Waals surface area contributed by atoms with Gasteiger partial charge in [0, 0.05) is 28.8 Å². The first-order valence-electron chi connectivity index (χ1n) is 11.8. The first-order valence-corrected chi connectivity index (χ1v) is 12.6. The summed E-state index contributed by atoms with van der Waals surface area (Å²) in [5.41, 5.74) is 2.60. The molecule has 3 aromatic rings. The van der Waals surface area contributed by atoms with Gasteiger partial charge >= 0.3 is 24.3 Å². The minimum Gasteiger partial charge on any atom is -0.492 e. The number of carbonyl (C=O) groups is 2. The molecule has 0 radical (unpaired) electrons. The second kappa shape index (κ2) is 15.0. The number of hydrogen-bond acceptors (Lipinski definition) is 7. The first-order chi connectivity index (χ1) is 19.1. The first kappa shape index (κ1) is 33.8. The maximum Gasteiger partial charge on any atom is 0.490 e. The summed E-state index contributed by atoms with van der Waals surface area (Å²) in [4.78, 5) is 29.9. The van der Waals surface area contributed by atoms with Crippen LogP contribution < -0.4 is 10.1 Å². The number of ether oxygens (including phenoxy) is 1.